The normalized spacial score (nSPS) is 23.6. The molecule has 1 saturated carbocycles. The second-order valence-electron chi connectivity index (χ2n) is 7.19. The van der Waals surface area contributed by atoms with E-state index in [0.29, 0.717) is 25.5 Å². The first kappa shape index (κ1) is 20.3. The largest absolute Gasteiger partial charge is 0.461 e. The van der Waals surface area contributed by atoms with Crippen molar-refractivity contribution in [2.24, 2.45) is 17.6 Å². The number of esters is 1. The molecule has 0 heterocycles. The number of hydrogen-bond donors (Lipinski definition) is 2. The van der Waals surface area contributed by atoms with Crippen molar-refractivity contribution in [1.82, 2.24) is 5.32 Å². The van der Waals surface area contributed by atoms with Crippen LogP contribution in [0.2, 0.25) is 0 Å². The van der Waals surface area contributed by atoms with Gasteiger partial charge >= 0.3 is 5.97 Å². The Morgan fingerprint density at radius 1 is 1.35 bits per heavy atom. The quantitative estimate of drug-likeness (QED) is 0.513. The molecule has 1 aliphatic carbocycles. The molecule has 0 amide bonds. The summed E-state index contributed by atoms with van der Waals surface area (Å²) in [6.07, 6.45) is 2.41. The van der Waals surface area contributed by atoms with Gasteiger partial charge in [-0.3, -0.25) is 14.9 Å². The zero-order valence-corrected chi connectivity index (χ0v) is 15.4. The van der Waals surface area contributed by atoms with Crippen molar-refractivity contribution in [3.8, 4) is 0 Å². The molecule has 1 fully saturated rings. The van der Waals surface area contributed by atoms with E-state index in [1.165, 1.54) is 0 Å². The summed E-state index contributed by atoms with van der Waals surface area (Å²) in [5.41, 5.74) is 5.85. The highest BCUT2D eigenvalue weighted by atomic mass is 16.5. The molecule has 3 N–H and O–H groups in total. The average molecular weight is 360 g/mol. The van der Waals surface area contributed by atoms with E-state index >= 15 is 0 Å². The summed E-state index contributed by atoms with van der Waals surface area (Å²) < 4.78 is 5.48. The Bertz CT molecular complexity index is 632. The van der Waals surface area contributed by atoms with E-state index in [1.807, 2.05) is 44.2 Å². The van der Waals surface area contributed by atoms with Gasteiger partial charge in [0.25, 0.3) is 0 Å². The zero-order valence-electron chi connectivity index (χ0n) is 15.4. The lowest BCUT2D eigenvalue weighted by atomic mass is 9.77. The Labute approximate surface area is 154 Å². The van der Waals surface area contributed by atoms with Gasteiger partial charge in [-0.05, 0) is 24.3 Å². The number of carbonyl (C=O) groups excluding carboxylic acids is 3. The van der Waals surface area contributed by atoms with Crippen molar-refractivity contribution >= 4 is 18.0 Å². The molecule has 0 aliphatic heterocycles. The number of benzene rings is 1. The molecule has 26 heavy (non-hydrogen) atoms. The molecule has 3 atom stereocenters. The average Bonchev–Trinajstić information content (AvgIpc) is 3.09. The Hall–Kier alpha value is -2.05. The molecule has 0 radical (unpaired) electrons. The highest BCUT2D eigenvalue weighted by Gasteiger charge is 2.53. The molecule has 0 aromatic heterocycles. The predicted octanol–water partition coefficient (Wildman–Crippen LogP) is 1.61. The molecule has 6 nitrogen and oxygen atoms in total. The van der Waals surface area contributed by atoms with Gasteiger partial charge in [0.2, 0.25) is 0 Å². The Balaban J connectivity index is 2.18. The summed E-state index contributed by atoms with van der Waals surface area (Å²) in [5.74, 6) is -1.33. The standard InChI is InChI=1S/C20H28N2O4/c1-14(2)17(21)18(24)20(22-11-12-23)10-6-9-16(20)19(25)26-13-15-7-4-3-5-8-15/h3-5,7-8,12,14,16-17,22H,6,9-11,13,21H2,1-2H3/t16?,17-,20?/m0/s1. The highest BCUT2D eigenvalue weighted by molar-refractivity contribution is 5.98. The molecule has 0 bridgehead atoms. The second kappa shape index (κ2) is 9.05. The fourth-order valence-corrected chi connectivity index (χ4v) is 3.57. The molecule has 142 valence electrons. The van der Waals surface area contributed by atoms with Gasteiger partial charge in [0, 0.05) is 0 Å². The van der Waals surface area contributed by atoms with Crippen LogP contribution < -0.4 is 11.1 Å². The van der Waals surface area contributed by atoms with E-state index in [0.717, 1.165) is 5.56 Å². The molecule has 6 heteroatoms. The monoisotopic (exact) mass is 360 g/mol. The van der Waals surface area contributed by atoms with Crippen molar-refractivity contribution in [2.75, 3.05) is 6.54 Å². The number of aldehydes is 1. The van der Waals surface area contributed by atoms with Crippen molar-refractivity contribution < 1.29 is 19.1 Å². The third kappa shape index (κ3) is 4.37. The molecule has 1 aromatic carbocycles. The van der Waals surface area contributed by atoms with Crippen LogP contribution in [0.1, 0.15) is 38.7 Å². The number of hydrogen-bond acceptors (Lipinski definition) is 6. The first-order valence-corrected chi connectivity index (χ1v) is 9.11. The maximum absolute atomic E-state index is 13.1. The maximum Gasteiger partial charge on any atom is 0.311 e. The highest BCUT2D eigenvalue weighted by Crippen LogP contribution is 2.38. The van der Waals surface area contributed by atoms with Gasteiger partial charge in [-0.1, -0.05) is 50.6 Å². The minimum Gasteiger partial charge on any atom is -0.461 e. The maximum atomic E-state index is 13.1. The molecule has 0 saturated heterocycles. The van der Waals surface area contributed by atoms with Gasteiger partial charge in [0.05, 0.1) is 24.0 Å². The number of Topliss-reactive ketones (excluding diaryl/α,β-unsaturated/α-hetero) is 1. The van der Waals surface area contributed by atoms with Crippen LogP contribution in [0.15, 0.2) is 30.3 Å². The molecule has 0 spiro atoms. The summed E-state index contributed by atoms with van der Waals surface area (Å²) in [6.45, 7) is 3.89. The van der Waals surface area contributed by atoms with Gasteiger partial charge < -0.3 is 15.3 Å². The third-order valence-electron chi connectivity index (χ3n) is 5.13. The van der Waals surface area contributed by atoms with E-state index < -0.39 is 23.5 Å². The van der Waals surface area contributed by atoms with Crippen LogP contribution >= 0.6 is 0 Å². The van der Waals surface area contributed by atoms with Gasteiger partial charge in [0.1, 0.15) is 12.9 Å². The predicted molar refractivity (Wildman–Crippen MR) is 98.2 cm³/mol. The molecular weight excluding hydrogens is 332 g/mol. The summed E-state index contributed by atoms with van der Waals surface area (Å²) in [7, 11) is 0. The van der Waals surface area contributed by atoms with Crippen LogP contribution in [0.5, 0.6) is 0 Å². The Kier molecular flexibility index (Phi) is 7.06. The fourth-order valence-electron chi connectivity index (χ4n) is 3.57. The van der Waals surface area contributed by atoms with E-state index in [9.17, 15) is 14.4 Å². The van der Waals surface area contributed by atoms with Gasteiger partial charge in [-0.2, -0.15) is 0 Å². The van der Waals surface area contributed by atoms with Crippen LogP contribution in [0.25, 0.3) is 0 Å². The van der Waals surface area contributed by atoms with Gasteiger partial charge in [0.15, 0.2) is 5.78 Å². The number of ketones is 1. The minimum atomic E-state index is -1.13. The molecule has 1 aromatic rings. The van der Waals surface area contributed by atoms with Crippen LogP contribution in [0.4, 0.5) is 0 Å². The van der Waals surface area contributed by atoms with Crippen LogP contribution in [-0.4, -0.2) is 36.2 Å². The van der Waals surface area contributed by atoms with Crippen LogP contribution in [0.3, 0.4) is 0 Å². The lowest BCUT2D eigenvalue weighted by Crippen LogP contribution is -2.62. The zero-order chi connectivity index (χ0) is 19.2. The lowest BCUT2D eigenvalue weighted by Gasteiger charge is -2.36. The molecular formula is C20H28N2O4. The summed E-state index contributed by atoms with van der Waals surface area (Å²) in [6, 6.07) is 8.69. The SMILES string of the molecule is CC(C)[C@H](N)C(=O)C1(NCC=O)CCCC1C(=O)OCc1ccccc1. The summed E-state index contributed by atoms with van der Waals surface area (Å²) >= 11 is 0. The first-order chi connectivity index (χ1) is 12.4. The minimum absolute atomic E-state index is 0.000972. The molecule has 2 rings (SSSR count). The fraction of sp³-hybridized carbons (Fsp3) is 0.550. The van der Waals surface area contributed by atoms with E-state index in [1.54, 1.807) is 0 Å². The number of rotatable bonds is 9. The number of carbonyl (C=O) groups is 3. The second-order valence-corrected chi connectivity index (χ2v) is 7.19. The number of nitrogens with one attached hydrogen (secondary N) is 1. The van der Waals surface area contributed by atoms with Gasteiger partial charge in [-0.15, -0.1) is 0 Å². The molecule has 1 aliphatic rings. The van der Waals surface area contributed by atoms with Crippen LogP contribution in [0, 0.1) is 11.8 Å². The van der Waals surface area contributed by atoms with Crippen molar-refractivity contribution in [3.05, 3.63) is 35.9 Å². The first-order valence-electron chi connectivity index (χ1n) is 9.11. The van der Waals surface area contributed by atoms with E-state index in [-0.39, 0.29) is 24.9 Å². The molecule has 2 unspecified atom stereocenters. The summed E-state index contributed by atoms with van der Waals surface area (Å²) in [5, 5.41) is 3.01. The summed E-state index contributed by atoms with van der Waals surface area (Å²) in [4.78, 5) is 36.7. The van der Waals surface area contributed by atoms with E-state index in [4.69, 9.17) is 10.5 Å². The smallest absolute Gasteiger partial charge is 0.311 e. The topological polar surface area (TPSA) is 98.5 Å². The third-order valence-corrected chi connectivity index (χ3v) is 5.13. The van der Waals surface area contributed by atoms with E-state index in [2.05, 4.69) is 5.32 Å². The van der Waals surface area contributed by atoms with Crippen LogP contribution in [-0.2, 0) is 25.7 Å². The lowest BCUT2D eigenvalue weighted by molar-refractivity contribution is -0.155. The number of ether oxygens (including phenoxy) is 1. The Morgan fingerprint density at radius 2 is 2.04 bits per heavy atom. The van der Waals surface area contributed by atoms with Crippen molar-refractivity contribution in [3.63, 3.8) is 0 Å². The van der Waals surface area contributed by atoms with Gasteiger partial charge in [-0.25, -0.2) is 0 Å². The Morgan fingerprint density at radius 3 is 2.65 bits per heavy atom. The van der Waals surface area contributed by atoms with Crippen molar-refractivity contribution in [1.29, 1.82) is 0 Å². The van der Waals surface area contributed by atoms with Crippen molar-refractivity contribution in [2.45, 2.75) is 51.3 Å². The number of nitrogens with two attached hydrogens (primary N) is 1.